The van der Waals surface area contributed by atoms with Crippen molar-refractivity contribution in [1.82, 2.24) is 19.1 Å². The molecule has 0 aliphatic rings. The number of nitrogens with zero attached hydrogens (tertiary/aromatic N) is 4. The molecule has 7 nitrogen and oxygen atoms in total. The second-order valence-corrected chi connectivity index (χ2v) is 6.83. The molecule has 0 bridgehead atoms. The van der Waals surface area contributed by atoms with E-state index in [0.29, 0.717) is 23.4 Å². The minimum absolute atomic E-state index is 0.205. The van der Waals surface area contributed by atoms with E-state index in [4.69, 9.17) is 4.74 Å². The zero-order chi connectivity index (χ0) is 18.2. The summed E-state index contributed by atoms with van der Waals surface area (Å²) < 4.78 is 8.39. The lowest BCUT2D eigenvalue weighted by atomic mass is 10.1. The van der Waals surface area contributed by atoms with Gasteiger partial charge in [-0.05, 0) is 38.5 Å². The average molecular weight is 340 g/mol. The maximum atomic E-state index is 12.5. The average Bonchev–Trinajstić information content (AvgIpc) is 2.79. The zero-order valence-corrected chi connectivity index (χ0v) is 14.7. The van der Waals surface area contributed by atoms with Gasteiger partial charge in [0.2, 0.25) is 0 Å². The first kappa shape index (κ1) is 16.9. The van der Waals surface area contributed by atoms with E-state index in [9.17, 15) is 9.59 Å². The van der Waals surface area contributed by atoms with E-state index in [-0.39, 0.29) is 11.7 Å². The number of carbonyl (C=O) groups is 1. The second-order valence-electron chi connectivity index (χ2n) is 6.83. The van der Waals surface area contributed by atoms with Crippen molar-refractivity contribution < 1.29 is 9.53 Å². The highest BCUT2D eigenvalue weighted by atomic mass is 16.6. The first-order chi connectivity index (χ1) is 11.8. The van der Waals surface area contributed by atoms with Gasteiger partial charge in [-0.15, -0.1) is 0 Å². The summed E-state index contributed by atoms with van der Waals surface area (Å²) in [5.41, 5.74) is 1.53. The van der Waals surface area contributed by atoms with Crippen LogP contribution < -0.4 is 5.69 Å². The van der Waals surface area contributed by atoms with Gasteiger partial charge < -0.3 is 4.74 Å². The van der Waals surface area contributed by atoms with Crippen LogP contribution in [0.15, 0.2) is 41.5 Å². The lowest BCUT2D eigenvalue weighted by Gasteiger charge is -2.19. The van der Waals surface area contributed by atoms with Crippen molar-refractivity contribution in [3.8, 4) is 0 Å². The molecule has 0 N–H and O–H groups in total. The molecule has 2 aromatic heterocycles. The van der Waals surface area contributed by atoms with Gasteiger partial charge in [0, 0.05) is 19.4 Å². The van der Waals surface area contributed by atoms with Gasteiger partial charge in [0.05, 0.1) is 12.1 Å². The summed E-state index contributed by atoms with van der Waals surface area (Å²) in [5, 5.41) is 0. The summed E-state index contributed by atoms with van der Waals surface area (Å²) in [6.45, 7) is 5.76. The smallest absolute Gasteiger partial charge is 0.338 e. The van der Waals surface area contributed by atoms with E-state index >= 15 is 0 Å². The summed E-state index contributed by atoms with van der Waals surface area (Å²) >= 11 is 0. The molecule has 3 rings (SSSR count). The number of imidazole rings is 1. The van der Waals surface area contributed by atoms with Crippen LogP contribution in [0.2, 0.25) is 0 Å². The van der Waals surface area contributed by atoms with E-state index in [1.54, 1.807) is 37.6 Å². The molecule has 1 aromatic carbocycles. The zero-order valence-electron chi connectivity index (χ0n) is 14.7. The Bertz CT molecular complexity index is 995. The van der Waals surface area contributed by atoms with Crippen molar-refractivity contribution in [1.29, 1.82) is 0 Å². The number of hydrogen-bond donors (Lipinski definition) is 0. The molecule has 0 aliphatic carbocycles. The van der Waals surface area contributed by atoms with Gasteiger partial charge in [-0.2, -0.15) is 0 Å². The first-order valence-electron chi connectivity index (χ1n) is 7.95. The summed E-state index contributed by atoms with van der Waals surface area (Å²) in [6.07, 6.45) is 3.10. The number of fused-ring (bicyclic) bond motifs is 1. The molecule has 0 fully saturated rings. The van der Waals surface area contributed by atoms with Crippen LogP contribution in [0.25, 0.3) is 11.3 Å². The normalized spacial score (nSPS) is 11.7. The molecule has 0 saturated carbocycles. The Morgan fingerprint density at radius 3 is 2.52 bits per heavy atom. The fourth-order valence-corrected chi connectivity index (χ4v) is 2.57. The molecule has 0 unspecified atom stereocenters. The highest BCUT2D eigenvalue weighted by molar-refractivity contribution is 5.89. The monoisotopic (exact) mass is 340 g/mol. The molecular weight excluding hydrogens is 320 g/mol. The topological polar surface area (TPSA) is 79.0 Å². The molecule has 0 atom stereocenters. The van der Waals surface area contributed by atoms with E-state index in [1.165, 1.54) is 9.13 Å². The molecule has 0 spiro atoms. The molecule has 3 aromatic rings. The second kappa shape index (κ2) is 6.16. The third-order valence-electron chi connectivity index (χ3n) is 3.65. The minimum atomic E-state index is -0.560. The van der Waals surface area contributed by atoms with E-state index in [2.05, 4.69) is 9.97 Å². The molecule has 25 heavy (non-hydrogen) atoms. The van der Waals surface area contributed by atoms with Crippen molar-refractivity contribution in [2.75, 3.05) is 0 Å². The van der Waals surface area contributed by atoms with Crippen molar-refractivity contribution in [3.63, 3.8) is 0 Å². The predicted molar refractivity (Wildman–Crippen MR) is 93.5 cm³/mol. The maximum absolute atomic E-state index is 12.5. The molecule has 0 aliphatic heterocycles. The van der Waals surface area contributed by atoms with Gasteiger partial charge in [-0.1, -0.05) is 12.1 Å². The van der Waals surface area contributed by atoms with Crippen LogP contribution in [-0.2, 0) is 18.3 Å². The molecule has 0 amide bonds. The standard InChI is InChI=1S/C18H20N4O3/c1-18(2,3)25-16(23)13-7-5-6-12(10-13)11-22-15-14(19-8-9-20-15)21(4)17(22)24/h5-10H,11H2,1-4H3. The fraction of sp³-hybridized carbons (Fsp3) is 0.333. The van der Waals surface area contributed by atoms with Crippen LogP contribution >= 0.6 is 0 Å². The van der Waals surface area contributed by atoms with Gasteiger partial charge in [0.15, 0.2) is 11.3 Å². The Labute approximate surface area is 144 Å². The number of benzene rings is 1. The summed E-state index contributed by atoms with van der Waals surface area (Å²) in [6, 6.07) is 7.06. The first-order valence-corrected chi connectivity index (χ1v) is 7.95. The molecular formula is C18H20N4O3. The predicted octanol–water partition coefficient (Wildman–Crippen LogP) is 2.13. The van der Waals surface area contributed by atoms with Gasteiger partial charge in [0.1, 0.15) is 5.60 Å². The van der Waals surface area contributed by atoms with Crippen molar-refractivity contribution in [2.24, 2.45) is 7.05 Å². The molecule has 0 radical (unpaired) electrons. The largest absolute Gasteiger partial charge is 0.456 e. The Morgan fingerprint density at radius 1 is 1.16 bits per heavy atom. The quantitative estimate of drug-likeness (QED) is 0.683. The van der Waals surface area contributed by atoms with Crippen LogP contribution in [0.4, 0.5) is 0 Å². The number of rotatable bonds is 3. The lowest BCUT2D eigenvalue weighted by molar-refractivity contribution is 0.00694. The number of ether oxygens (including phenoxy) is 1. The maximum Gasteiger partial charge on any atom is 0.338 e. The number of aromatic nitrogens is 4. The molecule has 7 heteroatoms. The summed E-state index contributed by atoms with van der Waals surface area (Å²) in [7, 11) is 1.66. The highest BCUT2D eigenvalue weighted by Gasteiger charge is 2.18. The third-order valence-corrected chi connectivity index (χ3v) is 3.65. The van der Waals surface area contributed by atoms with E-state index in [1.807, 2.05) is 26.8 Å². The van der Waals surface area contributed by atoms with Gasteiger partial charge >= 0.3 is 11.7 Å². The molecule has 0 saturated heterocycles. The van der Waals surface area contributed by atoms with Gasteiger partial charge in [0.25, 0.3) is 0 Å². The minimum Gasteiger partial charge on any atom is -0.456 e. The number of aryl methyl sites for hydroxylation is 1. The summed E-state index contributed by atoms with van der Waals surface area (Å²) in [5.74, 6) is -0.389. The number of esters is 1. The van der Waals surface area contributed by atoms with Crippen molar-refractivity contribution >= 4 is 17.3 Å². The summed E-state index contributed by atoms with van der Waals surface area (Å²) in [4.78, 5) is 33.1. The van der Waals surface area contributed by atoms with Crippen LogP contribution in [-0.4, -0.2) is 30.7 Å². The van der Waals surface area contributed by atoms with E-state index < -0.39 is 5.60 Å². The SMILES string of the molecule is Cn1c(=O)n(Cc2cccc(C(=O)OC(C)(C)C)c2)c2nccnc21. The van der Waals surface area contributed by atoms with E-state index in [0.717, 1.165) is 5.56 Å². The number of carbonyl (C=O) groups excluding carboxylic acids is 1. The molecule has 2 heterocycles. The van der Waals surface area contributed by atoms with Crippen LogP contribution in [0.5, 0.6) is 0 Å². The van der Waals surface area contributed by atoms with Crippen LogP contribution in [0.1, 0.15) is 36.7 Å². The van der Waals surface area contributed by atoms with Gasteiger partial charge in [-0.3, -0.25) is 9.13 Å². The van der Waals surface area contributed by atoms with Crippen molar-refractivity contribution in [2.45, 2.75) is 32.9 Å². The van der Waals surface area contributed by atoms with Gasteiger partial charge in [-0.25, -0.2) is 19.6 Å². The van der Waals surface area contributed by atoms with Crippen LogP contribution in [0.3, 0.4) is 0 Å². The highest BCUT2D eigenvalue weighted by Crippen LogP contribution is 2.15. The number of hydrogen-bond acceptors (Lipinski definition) is 5. The Kier molecular flexibility index (Phi) is 4.16. The lowest BCUT2D eigenvalue weighted by Crippen LogP contribution is -2.24. The fourth-order valence-electron chi connectivity index (χ4n) is 2.57. The Morgan fingerprint density at radius 2 is 1.84 bits per heavy atom. The van der Waals surface area contributed by atoms with Crippen LogP contribution in [0, 0.1) is 0 Å². The third kappa shape index (κ3) is 3.45. The van der Waals surface area contributed by atoms with Crippen molar-refractivity contribution in [3.05, 3.63) is 58.3 Å². The Hall–Kier alpha value is -2.96. The Balaban J connectivity index is 1.95. The molecule has 130 valence electrons.